The van der Waals surface area contributed by atoms with Crippen molar-refractivity contribution in [3.05, 3.63) is 51.2 Å². The summed E-state index contributed by atoms with van der Waals surface area (Å²) < 4.78 is 15.9. The maximum Gasteiger partial charge on any atom is 0.255 e. The molecule has 0 saturated heterocycles. The van der Waals surface area contributed by atoms with Crippen LogP contribution in [-0.2, 0) is 22.6 Å². The van der Waals surface area contributed by atoms with Gasteiger partial charge in [-0.05, 0) is 66.2 Å². The van der Waals surface area contributed by atoms with Gasteiger partial charge < -0.3 is 26.2 Å². The molecule has 4 rings (SSSR count). The van der Waals surface area contributed by atoms with Gasteiger partial charge in [0.05, 0.1) is 11.6 Å². The Labute approximate surface area is 226 Å². The third-order valence-electron chi connectivity index (χ3n) is 9.04. The van der Waals surface area contributed by atoms with Gasteiger partial charge in [0.2, 0.25) is 5.78 Å². The molecule has 4 atom stereocenters. The number of phenols is 1. The van der Waals surface area contributed by atoms with E-state index in [-0.39, 0.29) is 47.2 Å². The molecule has 0 fully saturated rings. The van der Waals surface area contributed by atoms with Crippen LogP contribution in [0.25, 0.3) is 0 Å². The first-order valence-corrected chi connectivity index (χ1v) is 12.9. The number of aromatic hydroxyl groups is 1. The minimum atomic E-state index is -2.73. The van der Waals surface area contributed by atoms with Crippen molar-refractivity contribution < 1.29 is 39.2 Å². The van der Waals surface area contributed by atoms with Gasteiger partial charge in [0.25, 0.3) is 5.91 Å². The van der Waals surface area contributed by atoms with Gasteiger partial charge in [-0.3, -0.25) is 24.2 Å². The van der Waals surface area contributed by atoms with Gasteiger partial charge in [-0.1, -0.05) is 6.92 Å². The number of carbonyl (C=O) groups is 3. The van der Waals surface area contributed by atoms with E-state index in [1.165, 1.54) is 11.0 Å². The van der Waals surface area contributed by atoms with Crippen LogP contribution in [0.4, 0.5) is 4.39 Å². The quantitative estimate of drug-likeness (QED) is 0.336. The number of amides is 1. The number of nitrogens with two attached hydrogens (primary N) is 1. The third kappa shape index (κ3) is 4.06. The Morgan fingerprint density at radius 3 is 2.36 bits per heavy atom. The number of benzene rings is 1. The number of fused-ring (bicyclic) bond motifs is 3. The Morgan fingerprint density at radius 1 is 1.21 bits per heavy atom. The summed E-state index contributed by atoms with van der Waals surface area (Å²) in [6.07, 6.45) is 0.604. The van der Waals surface area contributed by atoms with Crippen LogP contribution in [0.3, 0.4) is 0 Å². The maximum atomic E-state index is 15.9. The van der Waals surface area contributed by atoms with Crippen molar-refractivity contribution >= 4 is 17.5 Å². The standard InChI is InChI=1S/C28H36FN3O7/c1-7-27(2,3)32(6)11-13-10-16(33)18-14(20(13)29)8-12-9-15-21(31(4)5)23(35)19(26(30)38)25(37)28(15,39)24(36)17(12)22(18)34/h10,12,15,21,33,35-36,39H,7-9,11H2,1-6H3,(H2,30,38)/t12-,15-,21-,28-/m0/s1. The Kier molecular flexibility index (Phi) is 6.94. The molecular formula is C28H36FN3O7. The van der Waals surface area contributed by atoms with E-state index in [1.54, 1.807) is 14.1 Å². The minimum absolute atomic E-state index is 0.00850. The van der Waals surface area contributed by atoms with E-state index >= 15 is 4.39 Å². The van der Waals surface area contributed by atoms with Gasteiger partial charge >= 0.3 is 0 Å². The number of phenolic OH excluding ortho intramolecular Hbond substituents is 1. The fraction of sp³-hybridized carbons (Fsp3) is 0.536. The Balaban J connectivity index is 1.87. The molecule has 0 radical (unpaired) electrons. The first-order valence-electron chi connectivity index (χ1n) is 12.9. The molecule has 1 aromatic rings. The first kappa shape index (κ1) is 28.7. The topological polar surface area (TPSA) is 165 Å². The summed E-state index contributed by atoms with van der Waals surface area (Å²) in [5.74, 6) is -8.26. The molecule has 39 heavy (non-hydrogen) atoms. The number of aliphatic hydroxyl groups is 3. The average molecular weight is 546 g/mol. The zero-order valence-electron chi connectivity index (χ0n) is 23.0. The molecule has 0 bridgehead atoms. The molecule has 1 amide bonds. The van der Waals surface area contributed by atoms with Crippen LogP contribution in [0.1, 0.15) is 55.1 Å². The molecule has 212 valence electrons. The SMILES string of the molecule is CCC(C)(C)N(C)Cc1cc(O)c2c(c1F)C[C@H]1C[C@H]3[C@H](N(C)C)C(O)=C(C(N)=O)C(=O)[C@@]3(O)C(O)=C1C2=O. The number of allylic oxidation sites excluding steroid dienone is 1. The van der Waals surface area contributed by atoms with Crippen LogP contribution in [-0.4, -0.2) is 86.0 Å². The van der Waals surface area contributed by atoms with E-state index in [4.69, 9.17) is 5.73 Å². The lowest BCUT2D eigenvalue weighted by molar-refractivity contribution is -0.148. The molecule has 6 N–H and O–H groups in total. The summed E-state index contributed by atoms with van der Waals surface area (Å²) in [7, 11) is 4.93. The van der Waals surface area contributed by atoms with Crippen molar-refractivity contribution in [2.75, 3.05) is 21.1 Å². The van der Waals surface area contributed by atoms with Crippen LogP contribution in [0, 0.1) is 17.7 Å². The molecule has 0 aromatic heterocycles. The molecule has 0 spiro atoms. The number of primary amides is 1. The molecule has 3 aliphatic carbocycles. The number of likely N-dealkylation sites (N-methyl/N-ethyl adjacent to an activating group) is 1. The number of carbonyl (C=O) groups excluding carboxylic acids is 3. The van der Waals surface area contributed by atoms with Crippen molar-refractivity contribution in [3.63, 3.8) is 0 Å². The van der Waals surface area contributed by atoms with E-state index < -0.39 is 69.6 Å². The Morgan fingerprint density at radius 2 is 1.82 bits per heavy atom. The highest BCUT2D eigenvalue weighted by Gasteiger charge is 2.63. The number of nitrogens with zero attached hydrogens (tertiary/aromatic N) is 2. The van der Waals surface area contributed by atoms with Crippen LogP contribution < -0.4 is 5.73 Å². The number of aliphatic hydroxyl groups excluding tert-OH is 2. The van der Waals surface area contributed by atoms with E-state index in [0.717, 1.165) is 6.42 Å². The predicted octanol–water partition coefficient (Wildman–Crippen LogP) is 1.88. The second-order valence-electron chi connectivity index (χ2n) is 11.7. The first-order chi connectivity index (χ1) is 18.0. The van der Waals surface area contributed by atoms with Crippen molar-refractivity contribution in [2.45, 2.75) is 63.8 Å². The second kappa shape index (κ2) is 9.42. The number of Topliss-reactive ketones (excluding diaryl/α,β-unsaturated/α-hetero) is 2. The lowest BCUT2D eigenvalue weighted by Crippen LogP contribution is -2.63. The zero-order valence-corrected chi connectivity index (χ0v) is 23.0. The van der Waals surface area contributed by atoms with Crippen molar-refractivity contribution in [3.8, 4) is 5.75 Å². The van der Waals surface area contributed by atoms with Gasteiger partial charge in [0.1, 0.15) is 28.7 Å². The number of rotatable bonds is 6. The fourth-order valence-corrected chi connectivity index (χ4v) is 6.21. The normalized spacial score (nSPS) is 27.2. The smallest absolute Gasteiger partial charge is 0.255 e. The van der Waals surface area contributed by atoms with Gasteiger partial charge in [-0.15, -0.1) is 0 Å². The lowest BCUT2D eigenvalue weighted by Gasteiger charge is -2.50. The van der Waals surface area contributed by atoms with Gasteiger partial charge in [0, 0.05) is 34.7 Å². The van der Waals surface area contributed by atoms with Crippen LogP contribution in [0.5, 0.6) is 5.75 Å². The molecule has 11 heteroatoms. The van der Waals surface area contributed by atoms with Gasteiger partial charge in [-0.2, -0.15) is 0 Å². The summed E-state index contributed by atoms with van der Waals surface area (Å²) in [4.78, 5) is 42.4. The van der Waals surface area contributed by atoms with E-state index in [0.29, 0.717) is 0 Å². The monoisotopic (exact) mass is 545 g/mol. The molecule has 10 nitrogen and oxygen atoms in total. The molecule has 0 saturated carbocycles. The summed E-state index contributed by atoms with van der Waals surface area (Å²) in [5, 5.41) is 44.6. The summed E-state index contributed by atoms with van der Waals surface area (Å²) in [6, 6.07) is 0.0803. The Bertz CT molecular complexity index is 1350. The van der Waals surface area contributed by atoms with E-state index in [2.05, 4.69) is 0 Å². The van der Waals surface area contributed by atoms with E-state index in [1.807, 2.05) is 32.7 Å². The summed E-state index contributed by atoms with van der Waals surface area (Å²) in [6.45, 7) is 6.21. The van der Waals surface area contributed by atoms with Gasteiger partial charge in [-0.25, -0.2) is 4.39 Å². The number of hydrogen-bond donors (Lipinski definition) is 5. The highest BCUT2D eigenvalue weighted by molar-refractivity contribution is 6.24. The predicted molar refractivity (Wildman–Crippen MR) is 139 cm³/mol. The largest absolute Gasteiger partial charge is 0.510 e. The minimum Gasteiger partial charge on any atom is -0.510 e. The van der Waals surface area contributed by atoms with Gasteiger partial charge in [0.15, 0.2) is 11.4 Å². The van der Waals surface area contributed by atoms with E-state index in [9.17, 15) is 34.8 Å². The average Bonchev–Trinajstić information content (AvgIpc) is 2.83. The van der Waals surface area contributed by atoms with Crippen molar-refractivity contribution in [1.82, 2.24) is 9.80 Å². The number of hydrogen-bond acceptors (Lipinski definition) is 9. The summed E-state index contributed by atoms with van der Waals surface area (Å²) >= 11 is 0. The van der Waals surface area contributed by atoms with Crippen LogP contribution in [0.2, 0.25) is 0 Å². The van der Waals surface area contributed by atoms with Crippen molar-refractivity contribution in [2.24, 2.45) is 17.6 Å². The molecule has 1 aromatic carbocycles. The highest BCUT2D eigenvalue weighted by Crippen LogP contribution is 2.52. The molecule has 0 aliphatic heterocycles. The van der Waals surface area contributed by atoms with Crippen LogP contribution in [0.15, 0.2) is 28.7 Å². The maximum absolute atomic E-state index is 15.9. The number of ketones is 2. The van der Waals surface area contributed by atoms with Crippen molar-refractivity contribution in [1.29, 1.82) is 0 Å². The number of halogens is 1. The fourth-order valence-electron chi connectivity index (χ4n) is 6.21. The molecular weight excluding hydrogens is 509 g/mol. The van der Waals surface area contributed by atoms with Crippen LogP contribution >= 0.6 is 0 Å². The zero-order chi connectivity index (χ0) is 29.4. The second-order valence-corrected chi connectivity index (χ2v) is 11.7. The molecule has 3 aliphatic rings. The highest BCUT2D eigenvalue weighted by atomic mass is 19.1. The Hall–Kier alpha value is -3.28. The molecule has 0 heterocycles. The lowest BCUT2D eigenvalue weighted by atomic mass is 9.58. The third-order valence-corrected chi connectivity index (χ3v) is 9.04. The molecule has 0 unspecified atom stereocenters. The summed E-state index contributed by atoms with van der Waals surface area (Å²) in [5.41, 5.74) is 1.02.